The van der Waals surface area contributed by atoms with Crippen molar-refractivity contribution < 1.29 is 4.74 Å². The minimum absolute atomic E-state index is 0.314. The van der Waals surface area contributed by atoms with E-state index in [-0.39, 0.29) is 0 Å². The molecule has 100 valence electrons. The van der Waals surface area contributed by atoms with Crippen LogP contribution in [-0.2, 0) is 5.88 Å². The summed E-state index contributed by atoms with van der Waals surface area (Å²) in [5, 5.41) is 1.51. The quantitative estimate of drug-likeness (QED) is 0.400. The Morgan fingerprint density at radius 3 is 2.37 bits per heavy atom. The van der Waals surface area contributed by atoms with Crippen LogP contribution in [-0.4, -0.2) is 0 Å². The largest absolute Gasteiger partial charge is 0.455 e. The maximum Gasteiger partial charge on any atom is 0.147 e. The third-order valence-electron chi connectivity index (χ3n) is 2.37. The maximum atomic E-state index is 6.11. The molecule has 0 amide bonds. The Morgan fingerprint density at radius 1 is 0.947 bits per heavy atom. The molecule has 0 spiro atoms. The molecule has 0 aliphatic rings. The van der Waals surface area contributed by atoms with Crippen LogP contribution in [0.2, 0.25) is 15.1 Å². The van der Waals surface area contributed by atoms with E-state index < -0.39 is 0 Å². The van der Waals surface area contributed by atoms with Crippen molar-refractivity contribution >= 4 is 62.3 Å². The molecule has 0 N–H and O–H groups in total. The maximum absolute atomic E-state index is 6.11. The van der Waals surface area contributed by atoms with Crippen molar-refractivity contribution in [1.82, 2.24) is 0 Å². The second kappa shape index (κ2) is 6.55. The molecule has 0 aliphatic heterocycles. The molecule has 0 bridgehead atoms. The van der Waals surface area contributed by atoms with Crippen molar-refractivity contribution in [2.24, 2.45) is 0 Å². The summed E-state index contributed by atoms with van der Waals surface area (Å²) >= 11 is 27.2. The number of hydrogen-bond acceptors (Lipinski definition) is 1. The number of halogens is 5. The van der Waals surface area contributed by atoms with Crippen molar-refractivity contribution in [1.29, 1.82) is 0 Å². The summed E-state index contributed by atoms with van der Waals surface area (Å²) in [6.07, 6.45) is 0. The standard InChI is InChI=1S/C13H7BrCl4O/c14-9-4-11(18)13(5-10(9)17)19-12-3-8(16)2-1-7(12)6-15/h1-5H,6H2. The van der Waals surface area contributed by atoms with Gasteiger partial charge in [-0.25, -0.2) is 0 Å². The number of hydrogen-bond donors (Lipinski definition) is 0. The van der Waals surface area contributed by atoms with Crippen LogP contribution in [0.25, 0.3) is 0 Å². The Bertz CT molecular complexity index is 616. The SMILES string of the molecule is ClCc1ccc(Cl)cc1Oc1cc(Cl)c(Br)cc1Cl. The van der Waals surface area contributed by atoms with Crippen LogP contribution < -0.4 is 4.74 Å². The van der Waals surface area contributed by atoms with Crippen LogP contribution in [0.3, 0.4) is 0 Å². The molecule has 0 saturated carbocycles. The predicted molar refractivity (Wildman–Crippen MR) is 85.2 cm³/mol. The summed E-state index contributed by atoms with van der Waals surface area (Å²) in [6.45, 7) is 0. The van der Waals surface area contributed by atoms with Crippen LogP contribution in [0.4, 0.5) is 0 Å². The summed E-state index contributed by atoms with van der Waals surface area (Å²) in [5.41, 5.74) is 0.821. The molecular weight excluding hydrogens is 394 g/mol. The lowest BCUT2D eigenvalue weighted by atomic mass is 10.2. The van der Waals surface area contributed by atoms with Gasteiger partial charge in [-0.2, -0.15) is 0 Å². The molecule has 0 fully saturated rings. The normalized spacial score (nSPS) is 10.6. The predicted octanol–water partition coefficient (Wildman–Crippen LogP) is 6.94. The van der Waals surface area contributed by atoms with Gasteiger partial charge in [0.25, 0.3) is 0 Å². The summed E-state index contributed by atoms with van der Waals surface area (Å²) in [4.78, 5) is 0. The van der Waals surface area contributed by atoms with Crippen molar-refractivity contribution in [3.63, 3.8) is 0 Å². The Kier molecular flexibility index (Phi) is 5.27. The van der Waals surface area contributed by atoms with Gasteiger partial charge in [0.1, 0.15) is 11.5 Å². The average Bonchev–Trinajstić information content (AvgIpc) is 2.36. The summed E-state index contributed by atoms with van der Waals surface area (Å²) in [5.74, 6) is 1.32. The van der Waals surface area contributed by atoms with E-state index in [1.54, 1.807) is 30.3 Å². The Labute approximate surface area is 139 Å². The van der Waals surface area contributed by atoms with E-state index in [0.29, 0.717) is 36.9 Å². The molecule has 1 nitrogen and oxygen atoms in total. The number of ether oxygens (including phenoxy) is 1. The van der Waals surface area contributed by atoms with Crippen molar-refractivity contribution in [2.45, 2.75) is 5.88 Å². The molecule has 0 aromatic heterocycles. The Morgan fingerprint density at radius 2 is 1.68 bits per heavy atom. The topological polar surface area (TPSA) is 9.23 Å². The highest BCUT2D eigenvalue weighted by Gasteiger charge is 2.11. The lowest BCUT2D eigenvalue weighted by molar-refractivity contribution is 0.478. The highest BCUT2D eigenvalue weighted by molar-refractivity contribution is 9.10. The van der Waals surface area contributed by atoms with Crippen LogP contribution >= 0.6 is 62.3 Å². The molecular formula is C13H7BrCl4O. The first-order valence-electron chi connectivity index (χ1n) is 5.18. The molecule has 0 aliphatic carbocycles. The second-order valence-electron chi connectivity index (χ2n) is 3.68. The highest BCUT2D eigenvalue weighted by Crippen LogP contribution is 2.38. The fourth-order valence-corrected chi connectivity index (χ4v) is 2.65. The lowest BCUT2D eigenvalue weighted by Gasteiger charge is -2.12. The van der Waals surface area contributed by atoms with Gasteiger partial charge in [-0.3, -0.25) is 0 Å². The first-order valence-corrected chi connectivity index (χ1v) is 7.64. The van der Waals surface area contributed by atoms with Gasteiger partial charge in [0.2, 0.25) is 0 Å². The van der Waals surface area contributed by atoms with Crippen LogP contribution in [0.5, 0.6) is 11.5 Å². The van der Waals surface area contributed by atoms with Gasteiger partial charge in [0, 0.05) is 21.1 Å². The van der Waals surface area contributed by atoms with Crippen molar-refractivity contribution in [3.8, 4) is 11.5 Å². The van der Waals surface area contributed by atoms with Gasteiger partial charge in [-0.15, -0.1) is 11.6 Å². The van der Waals surface area contributed by atoms with Gasteiger partial charge in [0.15, 0.2) is 0 Å². The summed E-state index contributed by atoms with van der Waals surface area (Å²) < 4.78 is 6.45. The van der Waals surface area contributed by atoms with Gasteiger partial charge in [0.05, 0.1) is 15.9 Å². The van der Waals surface area contributed by atoms with E-state index in [4.69, 9.17) is 51.1 Å². The van der Waals surface area contributed by atoms with E-state index in [1.807, 2.05) is 0 Å². The minimum Gasteiger partial charge on any atom is -0.455 e. The molecule has 6 heteroatoms. The number of rotatable bonds is 3. The molecule has 0 saturated heterocycles. The van der Waals surface area contributed by atoms with Gasteiger partial charge < -0.3 is 4.74 Å². The summed E-state index contributed by atoms with van der Waals surface area (Å²) in [6, 6.07) is 8.55. The van der Waals surface area contributed by atoms with E-state index >= 15 is 0 Å². The Hall–Kier alpha value is -0.120. The average molecular weight is 401 g/mol. The fraction of sp³-hybridized carbons (Fsp3) is 0.0769. The van der Waals surface area contributed by atoms with Crippen LogP contribution in [0.1, 0.15) is 5.56 Å². The number of alkyl halides is 1. The lowest BCUT2D eigenvalue weighted by Crippen LogP contribution is -1.91. The number of benzene rings is 2. The first kappa shape index (κ1) is 15.3. The molecule has 0 heterocycles. The highest BCUT2D eigenvalue weighted by atomic mass is 79.9. The van der Waals surface area contributed by atoms with E-state index in [0.717, 1.165) is 5.56 Å². The molecule has 0 atom stereocenters. The minimum atomic E-state index is 0.314. The smallest absolute Gasteiger partial charge is 0.147 e. The van der Waals surface area contributed by atoms with E-state index in [1.165, 1.54) is 0 Å². The van der Waals surface area contributed by atoms with Crippen molar-refractivity contribution in [2.75, 3.05) is 0 Å². The zero-order valence-electron chi connectivity index (χ0n) is 9.39. The van der Waals surface area contributed by atoms with E-state index in [2.05, 4.69) is 15.9 Å². The molecule has 2 aromatic rings. The van der Waals surface area contributed by atoms with Gasteiger partial charge >= 0.3 is 0 Å². The Balaban J connectivity index is 2.41. The summed E-state index contributed by atoms with van der Waals surface area (Å²) in [7, 11) is 0. The zero-order valence-corrected chi connectivity index (χ0v) is 14.0. The van der Waals surface area contributed by atoms with Crippen LogP contribution in [0.15, 0.2) is 34.8 Å². The monoisotopic (exact) mass is 398 g/mol. The fourth-order valence-electron chi connectivity index (χ4n) is 1.43. The van der Waals surface area contributed by atoms with Gasteiger partial charge in [-0.1, -0.05) is 40.9 Å². The van der Waals surface area contributed by atoms with E-state index in [9.17, 15) is 0 Å². The first-order chi connectivity index (χ1) is 9.01. The molecule has 0 radical (unpaired) electrons. The molecule has 2 aromatic carbocycles. The van der Waals surface area contributed by atoms with Crippen molar-refractivity contribution in [3.05, 3.63) is 55.4 Å². The second-order valence-corrected chi connectivity index (χ2v) is 6.06. The van der Waals surface area contributed by atoms with Crippen LogP contribution in [0, 0.1) is 0 Å². The third kappa shape index (κ3) is 3.71. The molecule has 19 heavy (non-hydrogen) atoms. The molecule has 2 rings (SSSR count). The third-order valence-corrected chi connectivity index (χ3v) is 4.38. The molecule has 0 unspecified atom stereocenters. The zero-order chi connectivity index (χ0) is 14.0. The van der Waals surface area contributed by atoms with Gasteiger partial charge in [-0.05, 0) is 34.1 Å².